The van der Waals surface area contributed by atoms with E-state index in [1.807, 2.05) is 0 Å². The molecule has 1 aromatic rings. The Morgan fingerprint density at radius 2 is 1.96 bits per heavy atom. The maximum atomic E-state index is 12.7. The molecule has 23 heavy (non-hydrogen) atoms. The number of ether oxygens (including phenoxy) is 1. The van der Waals surface area contributed by atoms with E-state index in [-0.39, 0.29) is 30.3 Å². The molecule has 0 bridgehead atoms. The zero-order valence-electron chi connectivity index (χ0n) is 12.9. The zero-order chi connectivity index (χ0) is 16.8. The number of hydrogen-bond acceptors (Lipinski definition) is 5. The van der Waals surface area contributed by atoms with Crippen molar-refractivity contribution in [3.8, 4) is 0 Å². The van der Waals surface area contributed by atoms with E-state index in [1.54, 1.807) is 18.2 Å². The summed E-state index contributed by atoms with van der Waals surface area (Å²) < 4.78 is 5.36. The molecule has 1 saturated carbocycles. The molecule has 0 spiro atoms. The van der Waals surface area contributed by atoms with E-state index < -0.39 is 0 Å². The fraction of sp³-hybridized carbons (Fsp3) is 0.500. The SMILES string of the molecule is COC(=O)C1CCC(C(=O)N(CC=O)c2cccc(Br)n2)CC1. The molecule has 1 heterocycles. The first-order chi connectivity index (χ1) is 11.1. The predicted octanol–water partition coefficient (Wildman–Crippen LogP) is 2.36. The largest absolute Gasteiger partial charge is 0.469 e. The lowest BCUT2D eigenvalue weighted by atomic mass is 9.81. The highest BCUT2D eigenvalue weighted by atomic mass is 79.9. The number of esters is 1. The molecular formula is C16H19BrN2O4. The third-order valence-corrected chi connectivity index (χ3v) is 4.55. The van der Waals surface area contributed by atoms with Crippen LogP contribution in [0.2, 0.25) is 0 Å². The quantitative estimate of drug-likeness (QED) is 0.443. The summed E-state index contributed by atoms with van der Waals surface area (Å²) in [5, 5.41) is 0. The molecule has 1 aliphatic carbocycles. The zero-order valence-corrected chi connectivity index (χ0v) is 14.5. The van der Waals surface area contributed by atoms with E-state index in [0.717, 1.165) is 0 Å². The second-order valence-corrected chi connectivity index (χ2v) is 6.32. The molecule has 0 N–H and O–H groups in total. The van der Waals surface area contributed by atoms with Gasteiger partial charge in [-0.2, -0.15) is 0 Å². The maximum Gasteiger partial charge on any atom is 0.308 e. The van der Waals surface area contributed by atoms with E-state index in [2.05, 4.69) is 20.9 Å². The van der Waals surface area contributed by atoms with Crippen LogP contribution in [0.5, 0.6) is 0 Å². The molecule has 2 rings (SSSR count). The number of pyridine rings is 1. The number of amides is 1. The van der Waals surface area contributed by atoms with E-state index in [0.29, 0.717) is 42.4 Å². The lowest BCUT2D eigenvalue weighted by Gasteiger charge is -2.30. The van der Waals surface area contributed by atoms with Gasteiger partial charge in [-0.15, -0.1) is 0 Å². The van der Waals surface area contributed by atoms with E-state index in [4.69, 9.17) is 4.74 Å². The minimum atomic E-state index is -0.214. The highest BCUT2D eigenvalue weighted by Gasteiger charge is 2.33. The number of carbonyl (C=O) groups is 3. The van der Waals surface area contributed by atoms with Gasteiger partial charge in [0, 0.05) is 5.92 Å². The standard InChI is InChI=1S/C16H19BrN2O4/c1-23-16(22)12-7-5-11(6-8-12)15(21)19(9-10-20)14-4-2-3-13(17)18-14/h2-4,10-12H,5-9H2,1H3. The number of rotatable bonds is 5. The number of hydrogen-bond donors (Lipinski definition) is 0. The Labute approximate surface area is 143 Å². The van der Waals surface area contributed by atoms with Crippen molar-refractivity contribution in [2.24, 2.45) is 11.8 Å². The monoisotopic (exact) mass is 382 g/mol. The van der Waals surface area contributed by atoms with Crippen LogP contribution in [-0.4, -0.2) is 36.8 Å². The summed E-state index contributed by atoms with van der Waals surface area (Å²) in [5.74, 6) is -0.212. The van der Waals surface area contributed by atoms with Crippen molar-refractivity contribution in [3.05, 3.63) is 22.8 Å². The molecule has 7 heteroatoms. The van der Waals surface area contributed by atoms with Crippen LogP contribution in [0.15, 0.2) is 22.8 Å². The third-order valence-electron chi connectivity index (χ3n) is 4.11. The van der Waals surface area contributed by atoms with Gasteiger partial charge in [0.2, 0.25) is 5.91 Å². The molecule has 0 saturated heterocycles. The molecule has 1 aromatic heterocycles. The smallest absolute Gasteiger partial charge is 0.308 e. The van der Waals surface area contributed by atoms with Crippen LogP contribution in [0.1, 0.15) is 25.7 Å². The van der Waals surface area contributed by atoms with Gasteiger partial charge in [-0.1, -0.05) is 6.07 Å². The third kappa shape index (κ3) is 4.37. The first-order valence-corrected chi connectivity index (χ1v) is 8.31. The summed E-state index contributed by atoms with van der Waals surface area (Å²) in [5.41, 5.74) is 0. The second kappa shape index (κ2) is 8.19. The Hall–Kier alpha value is -1.76. The molecule has 6 nitrogen and oxygen atoms in total. The van der Waals surface area contributed by atoms with Gasteiger partial charge in [0.05, 0.1) is 19.6 Å². The lowest BCUT2D eigenvalue weighted by molar-refractivity contribution is -0.147. The molecule has 0 aromatic carbocycles. The van der Waals surface area contributed by atoms with Gasteiger partial charge in [0.25, 0.3) is 0 Å². The normalized spacial score (nSPS) is 20.6. The van der Waals surface area contributed by atoms with Gasteiger partial charge >= 0.3 is 5.97 Å². The highest BCUT2D eigenvalue weighted by Crippen LogP contribution is 2.31. The van der Waals surface area contributed by atoms with Gasteiger partial charge in [-0.3, -0.25) is 14.5 Å². The lowest BCUT2D eigenvalue weighted by Crippen LogP contribution is -2.40. The van der Waals surface area contributed by atoms with E-state index in [1.165, 1.54) is 12.0 Å². The van der Waals surface area contributed by atoms with Crippen LogP contribution in [0, 0.1) is 11.8 Å². The Kier molecular flexibility index (Phi) is 6.27. The highest BCUT2D eigenvalue weighted by molar-refractivity contribution is 9.10. The van der Waals surface area contributed by atoms with Crippen molar-refractivity contribution in [2.45, 2.75) is 25.7 Å². The van der Waals surface area contributed by atoms with Crippen molar-refractivity contribution in [2.75, 3.05) is 18.6 Å². The molecular weight excluding hydrogens is 364 g/mol. The van der Waals surface area contributed by atoms with Crippen molar-refractivity contribution in [1.82, 2.24) is 4.98 Å². The fourth-order valence-electron chi connectivity index (χ4n) is 2.88. The van der Waals surface area contributed by atoms with E-state index >= 15 is 0 Å². The van der Waals surface area contributed by atoms with Crippen molar-refractivity contribution in [1.29, 1.82) is 0 Å². The predicted molar refractivity (Wildman–Crippen MR) is 87.8 cm³/mol. The number of halogens is 1. The van der Waals surface area contributed by atoms with Gasteiger partial charge < -0.3 is 9.53 Å². The average molecular weight is 383 g/mol. The summed E-state index contributed by atoms with van der Waals surface area (Å²) in [4.78, 5) is 40.9. The summed E-state index contributed by atoms with van der Waals surface area (Å²) in [6.45, 7) is -0.0286. The molecule has 0 aliphatic heterocycles. The summed E-state index contributed by atoms with van der Waals surface area (Å²) in [6.07, 6.45) is 3.18. The Morgan fingerprint density at radius 1 is 1.30 bits per heavy atom. The van der Waals surface area contributed by atoms with Crippen molar-refractivity contribution < 1.29 is 19.1 Å². The first-order valence-electron chi connectivity index (χ1n) is 7.52. The minimum Gasteiger partial charge on any atom is -0.469 e. The number of aromatic nitrogens is 1. The number of carbonyl (C=O) groups excluding carboxylic acids is 3. The number of nitrogens with zero attached hydrogens (tertiary/aromatic N) is 2. The number of aldehydes is 1. The Bertz CT molecular complexity index is 585. The van der Waals surface area contributed by atoms with Crippen LogP contribution in [0.4, 0.5) is 5.82 Å². The molecule has 1 aliphatic rings. The molecule has 0 unspecified atom stereocenters. The van der Waals surface area contributed by atoms with Crippen molar-refractivity contribution >= 4 is 39.9 Å². The fourth-order valence-corrected chi connectivity index (χ4v) is 3.22. The molecule has 0 radical (unpaired) electrons. The second-order valence-electron chi connectivity index (χ2n) is 5.51. The van der Waals surface area contributed by atoms with E-state index in [9.17, 15) is 14.4 Å². The van der Waals surface area contributed by atoms with Gasteiger partial charge in [0.1, 0.15) is 16.7 Å². The van der Waals surface area contributed by atoms with Gasteiger partial charge in [0.15, 0.2) is 0 Å². The number of anilines is 1. The van der Waals surface area contributed by atoms with Crippen LogP contribution in [-0.2, 0) is 19.1 Å². The Morgan fingerprint density at radius 3 is 2.52 bits per heavy atom. The van der Waals surface area contributed by atoms with Gasteiger partial charge in [-0.25, -0.2) is 4.98 Å². The van der Waals surface area contributed by atoms with Gasteiger partial charge in [-0.05, 0) is 53.7 Å². The molecule has 1 amide bonds. The first kappa shape index (κ1) is 17.6. The van der Waals surface area contributed by atoms with Crippen LogP contribution >= 0.6 is 15.9 Å². The summed E-state index contributed by atoms with van der Waals surface area (Å²) >= 11 is 3.27. The minimum absolute atomic E-state index is 0.0286. The summed E-state index contributed by atoms with van der Waals surface area (Å²) in [6, 6.07) is 5.23. The van der Waals surface area contributed by atoms with Crippen molar-refractivity contribution in [3.63, 3.8) is 0 Å². The average Bonchev–Trinajstić information content (AvgIpc) is 2.58. The molecule has 124 valence electrons. The van der Waals surface area contributed by atoms with Crippen LogP contribution in [0.25, 0.3) is 0 Å². The molecule has 1 fully saturated rings. The maximum absolute atomic E-state index is 12.7. The molecule has 0 atom stereocenters. The summed E-state index contributed by atoms with van der Waals surface area (Å²) in [7, 11) is 1.38. The van der Waals surface area contributed by atoms with Crippen LogP contribution in [0.3, 0.4) is 0 Å². The topological polar surface area (TPSA) is 76.6 Å². The van der Waals surface area contributed by atoms with Crippen LogP contribution < -0.4 is 4.90 Å². The number of methoxy groups -OCH3 is 1. The Balaban J connectivity index is 2.07.